The van der Waals surface area contributed by atoms with E-state index in [-0.39, 0.29) is 18.5 Å². The third-order valence-corrected chi connectivity index (χ3v) is 13.2. The molecular formula is C59H111NO5. The summed E-state index contributed by atoms with van der Waals surface area (Å²) in [6.45, 7) is 4.84. The van der Waals surface area contributed by atoms with E-state index in [2.05, 4.69) is 43.5 Å². The fourth-order valence-electron chi connectivity index (χ4n) is 8.72. The predicted molar refractivity (Wildman–Crippen MR) is 283 cm³/mol. The van der Waals surface area contributed by atoms with Gasteiger partial charge in [0.2, 0.25) is 5.91 Å². The quantitative estimate of drug-likeness (QED) is 0.0321. The average molecular weight is 915 g/mol. The van der Waals surface area contributed by atoms with Gasteiger partial charge in [0.05, 0.1) is 25.4 Å². The first-order valence-corrected chi connectivity index (χ1v) is 28.8. The highest BCUT2D eigenvalue weighted by molar-refractivity contribution is 5.76. The van der Waals surface area contributed by atoms with E-state index < -0.39 is 12.1 Å². The van der Waals surface area contributed by atoms with E-state index in [1.54, 1.807) is 6.08 Å². The third-order valence-electron chi connectivity index (χ3n) is 13.2. The van der Waals surface area contributed by atoms with E-state index in [0.717, 1.165) is 64.2 Å². The van der Waals surface area contributed by atoms with Gasteiger partial charge in [-0.3, -0.25) is 9.59 Å². The van der Waals surface area contributed by atoms with Gasteiger partial charge < -0.3 is 20.3 Å². The number of amides is 1. The Morgan fingerprint density at radius 3 is 1.20 bits per heavy atom. The number of carbonyl (C=O) groups excluding carboxylic acids is 2. The minimum absolute atomic E-state index is 0.0283. The van der Waals surface area contributed by atoms with Crippen LogP contribution < -0.4 is 5.32 Å². The number of esters is 1. The summed E-state index contributed by atoms with van der Waals surface area (Å²) in [7, 11) is 0. The Hall–Kier alpha value is -1.92. The van der Waals surface area contributed by atoms with Gasteiger partial charge in [0.25, 0.3) is 0 Å². The molecule has 1 amide bonds. The Balaban J connectivity index is 3.51. The number of unbranched alkanes of at least 4 members (excludes halogenated alkanes) is 38. The standard InChI is InChI=1S/C59H111NO5/c1-3-5-7-9-11-13-15-17-19-21-22-23-24-26-27-29-31-35-39-43-47-51-57(62)56(55-61)60-58(63)52-48-44-40-36-33-34-38-42-46-50-54-65-59(64)53-49-45-41-37-32-30-28-25-20-18-16-14-12-10-8-6-4-2/h12,14,18,20,47,51,56-57,61-62H,3-11,13,15-17,19,21-46,48-50,52-55H2,1-2H3,(H,60,63)/b14-12-,20-18-,51-47+. The molecule has 0 aromatic heterocycles. The van der Waals surface area contributed by atoms with Gasteiger partial charge in [0.1, 0.15) is 0 Å². The van der Waals surface area contributed by atoms with Crippen LogP contribution in [0.15, 0.2) is 36.5 Å². The van der Waals surface area contributed by atoms with Gasteiger partial charge in [-0.2, -0.15) is 0 Å². The number of allylic oxidation sites excluding steroid dienone is 5. The molecule has 0 aliphatic carbocycles. The number of carbonyl (C=O) groups is 2. The van der Waals surface area contributed by atoms with Crippen LogP contribution in [-0.4, -0.2) is 47.4 Å². The third kappa shape index (κ3) is 51.3. The fourth-order valence-corrected chi connectivity index (χ4v) is 8.72. The Morgan fingerprint density at radius 2 is 0.769 bits per heavy atom. The van der Waals surface area contributed by atoms with Crippen molar-refractivity contribution in [1.82, 2.24) is 5.32 Å². The smallest absolute Gasteiger partial charge is 0.305 e. The van der Waals surface area contributed by atoms with Gasteiger partial charge in [-0.15, -0.1) is 0 Å². The van der Waals surface area contributed by atoms with Crippen molar-refractivity contribution in [2.75, 3.05) is 13.2 Å². The number of aliphatic hydroxyl groups is 2. The lowest BCUT2D eigenvalue weighted by molar-refractivity contribution is -0.143. The van der Waals surface area contributed by atoms with Crippen molar-refractivity contribution in [2.45, 2.75) is 315 Å². The van der Waals surface area contributed by atoms with E-state index in [1.807, 2.05) is 6.08 Å². The molecule has 3 N–H and O–H groups in total. The molecule has 2 unspecified atom stereocenters. The van der Waals surface area contributed by atoms with E-state index in [9.17, 15) is 19.8 Å². The average Bonchev–Trinajstić information content (AvgIpc) is 3.31. The molecule has 0 aromatic rings. The maximum atomic E-state index is 12.5. The Bertz CT molecular complexity index is 1060. The molecule has 382 valence electrons. The molecule has 0 fully saturated rings. The van der Waals surface area contributed by atoms with Crippen molar-refractivity contribution in [1.29, 1.82) is 0 Å². The lowest BCUT2D eigenvalue weighted by Gasteiger charge is -2.20. The summed E-state index contributed by atoms with van der Waals surface area (Å²) in [5.41, 5.74) is 0. The van der Waals surface area contributed by atoms with Gasteiger partial charge in [0.15, 0.2) is 0 Å². The van der Waals surface area contributed by atoms with E-state index in [0.29, 0.717) is 19.4 Å². The molecule has 65 heavy (non-hydrogen) atoms. The zero-order chi connectivity index (χ0) is 47.2. The number of nitrogens with one attached hydrogen (secondary N) is 1. The molecule has 0 saturated heterocycles. The molecule has 0 heterocycles. The van der Waals surface area contributed by atoms with Gasteiger partial charge in [0, 0.05) is 12.8 Å². The molecule has 0 saturated carbocycles. The number of hydrogen-bond acceptors (Lipinski definition) is 5. The highest BCUT2D eigenvalue weighted by Gasteiger charge is 2.18. The molecular weight excluding hydrogens is 803 g/mol. The van der Waals surface area contributed by atoms with Gasteiger partial charge in [-0.25, -0.2) is 0 Å². The van der Waals surface area contributed by atoms with Crippen molar-refractivity contribution >= 4 is 11.9 Å². The molecule has 6 nitrogen and oxygen atoms in total. The molecule has 0 spiro atoms. The van der Waals surface area contributed by atoms with Crippen LogP contribution in [0.3, 0.4) is 0 Å². The zero-order valence-corrected chi connectivity index (χ0v) is 43.5. The molecule has 0 rings (SSSR count). The van der Waals surface area contributed by atoms with Crippen LogP contribution in [0.4, 0.5) is 0 Å². The summed E-state index contributed by atoms with van der Waals surface area (Å²) in [6, 6.07) is -0.647. The molecule has 0 aliphatic heterocycles. The molecule has 0 radical (unpaired) electrons. The first-order valence-electron chi connectivity index (χ1n) is 28.8. The van der Waals surface area contributed by atoms with Crippen LogP contribution in [-0.2, 0) is 14.3 Å². The Morgan fingerprint density at radius 1 is 0.431 bits per heavy atom. The second-order valence-corrected chi connectivity index (χ2v) is 19.6. The molecule has 2 atom stereocenters. The van der Waals surface area contributed by atoms with E-state index in [4.69, 9.17) is 4.74 Å². The first-order chi connectivity index (χ1) is 32.0. The van der Waals surface area contributed by atoms with Crippen molar-refractivity contribution in [3.63, 3.8) is 0 Å². The minimum Gasteiger partial charge on any atom is -0.466 e. The summed E-state index contributed by atoms with van der Waals surface area (Å²) in [5, 5.41) is 23.2. The van der Waals surface area contributed by atoms with Crippen LogP contribution in [0.2, 0.25) is 0 Å². The summed E-state index contributed by atoms with van der Waals surface area (Å²) in [6.07, 6.45) is 67.3. The zero-order valence-electron chi connectivity index (χ0n) is 43.5. The maximum absolute atomic E-state index is 12.5. The van der Waals surface area contributed by atoms with Crippen LogP contribution in [0.25, 0.3) is 0 Å². The lowest BCUT2D eigenvalue weighted by atomic mass is 10.0. The topological polar surface area (TPSA) is 95.9 Å². The monoisotopic (exact) mass is 914 g/mol. The summed E-state index contributed by atoms with van der Waals surface area (Å²) in [4.78, 5) is 24.5. The fraction of sp³-hybridized carbons (Fsp3) is 0.864. The van der Waals surface area contributed by atoms with Crippen LogP contribution in [0.5, 0.6) is 0 Å². The maximum Gasteiger partial charge on any atom is 0.305 e. The first kappa shape index (κ1) is 63.1. The van der Waals surface area contributed by atoms with Crippen LogP contribution in [0.1, 0.15) is 303 Å². The van der Waals surface area contributed by atoms with Gasteiger partial charge in [-0.05, 0) is 64.2 Å². The highest BCUT2D eigenvalue weighted by atomic mass is 16.5. The summed E-state index contributed by atoms with van der Waals surface area (Å²) in [5.74, 6) is -0.118. The van der Waals surface area contributed by atoms with Crippen LogP contribution in [0, 0.1) is 0 Å². The van der Waals surface area contributed by atoms with E-state index in [1.165, 1.54) is 212 Å². The van der Waals surface area contributed by atoms with Crippen LogP contribution >= 0.6 is 0 Å². The lowest BCUT2D eigenvalue weighted by Crippen LogP contribution is -2.45. The van der Waals surface area contributed by atoms with E-state index >= 15 is 0 Å². The second-order valence-electron chi connectivity index (χ2n) is 19.6. The normalized spacial score (nSPS) is 12.9. The highest BCUT2D eigenvalue weighted by Crippen LogP contribution is 2.17. The molecule has 0 bridgehead atoms. The van der Waals surface area contributed by atoms with Crippen molar-refractivity contribution < 1.29 is 24.5 Å². The number of rotatable bonds is 53. The second kappa shape index (κ2) is 54.7. The Labute approximate surface area is 404 Å². The summed E-state index contributed by atoms with van der Waals surface area (Å²) < 4.78 is 5.46. The molecule has 0 aliphatic rings. The molecule has 0 aromatic carbocycles. The SMILES string of the molecule is CCCCC/C=C\C/C=C\CCCCCCCCCC(=O)OCCCCCCCCCCCCC(=O)NC(CO)C(O)/C=C/CCCCCCCCCCCCCCCCCCCCC. The number of aliphatic hydroxyl groups excluding tert-OH is 2. The van der Waals surface area contributed by atoms with Gasteiger partial charge in [-0.1, -0.05) is 262 Å². The Kier molecular flexibility index (Phi) is 53.1. The number of hydrogen-bond donors (Lipinski definition) is 3. The van der Waals surface area contributed by atoms with Crippen molar-refractivity contribution in [3.05, 3.63) is 36.5 Å². The minimum atomic E-state index is -0.861. The van der Waals surface area contributed by atoms with Gasteiger partial charge >= 0.3 is 5.97 Å². The van der Waals surface area contributed by atoms with Crippen molar-refractivity contribution in [3.8, 4) is 0 Å². The number of ether oxygens (including phenoxy) is 1. The van der Waals surface area contributed by atoms with Crippen molar-refractivity contribution in [2.24, 2.45) is 0 Å². The largest absolute Gasteiger partial charge is 0.466 e. The predicted octanol–water partition coefficient (Wildman–Crippen LogP) is 17.6. The molecule has 6 heteroatoms. The summed E-state index contributed by atoms with van der Waals surface area (Å²) >= 11 is 0.